The fourth-order valence-electron chi connectivity index (χ4n) is 4.65. The van der Waals surface area contributed by atoms with Gasteiger partial charge in [-0.05, 0) is 48.7 Å². The van der Waals surface area contributed by atoms with Gasteiger partial charge in [0, 0.05) is 55.1 Å². The van der Waals surface area contributed by atoms with Crippen LogP contribution in [0.5, 0.6) is 0 Å². The second kappa shape index (κ2) is 7.52. The molecule has 2 saturated heterocycles. The van der Waals surface area contributed by atoms with E-state index in [2.05, 4.69) is 15.6 Å². The van der Waals surface area contributed by atoms with Gasteiger partial charge in [-0.3, -0.25) is 9.78 Å². The molecule has 2 aliphatic heterocycles. The molecule has 0 aliphatic carbocycles. The molecule has 4 heterocycles. The van der Waals surface area contributed by atoms with Crippen molar-refractivity contribution in [1.82, 2.24) is 14.5 Å². The lowest BCUT2D eigenvalue weighted by Gasteiger charge is -2.53. The van der Waals surface area contributed by atoms with Crippen molar-refractivity contribution in [2.75, 3.05) is 19.7 Å². The van der Waals surface area contributed by atoms with Crippen molar-refractivity contribution in [3.8, 4) is 0 Å². The molecule has 0 bridgehead atoms. The van der Waals surface area contributed by atoms with Crippen LogP contribution >= 0.6 is 0 Å². The number of aromatic nitrogens is 2. The van der Waals surface area contributed by atoms with Crippen LogP contribution in [0.1, 0.15) is 34.3 Å². The average Bonchev–Trinajstić information content (AvgIpc) is 3.10. The highest BCUT2D eigenvalue weighted by Gasteiger charge is 2.49. The van der Waals surface area contributed by atoms with Gasteiger partial charge in [0.05, 0.1) is 25.8 Å². The van der Waals surface area contributed by atoms with E-state index in [4.69, 9.17) is 9.47 Å². The molecule has 156 valence electrons. The first kappa shape index (κ1) is 19.3. The van der Waals surface area contributed by atoms with Crippen molar-refractivity contribution in [3.05, 3.63) is 65.6 Å². The van der Waals surface area contributed by atoms with Crippen LogP contribution in [0.3, 0.4) is 0 Å². The third-order valence-corrected chi connectivity index (χ3v) is 6.24. The predicted molar refractivity (Wildman–Crippen MR) is 114 cm³/mol. The van der Waals surface area contributed by atoms with Gasteiger partial charge in [-0.25, -0.2) is 0 Å². The molecule has 2 fully saturated rings. The summed E-state index contributed by atoms with van der Waals surface area (Å²) >= 11 is 0. The SMILES string of the molecule is Cc1cncc(COC2CCOC3(C2)CN(C(=O)c2ccc4c(ccn4C)c2)C3)c1. The number of nitrogens with zero attached hydrogens (tertiary/aromatic N) is 3. The number of carbonyl (C=O) groups excluding carboxylic acids is 1. The summed E-state index contributed by atoms with van der Waals surface area (Å²) in [6.45, 7) is 4.54. The zero-order valence-corrected chi connectivity index (χ0v) is 17.5. The van der Waals surface area contributed by atoms with E-state index in [9.17, 15) is 4.79 Å². The largest absolute Gasteiger partial charge is 0.373 e. The normalized spacial score (nSPS) is 20.5. The van der Waals surface area contributed by atoms with E-state index in [-0.39, 0.29) is 17.6 Å². The van der Waals surface area contributed by atoms with E-state index >= 15 is 0 Å². The summed E-state index contributed by atoms with van der Waals surface area (Å²) in [5.41, 5.74) is 3.84. The molecule has 5 rings (SSSR count). The molecule has 0 radical (unpaired) electrons. The van der Waals surface area contributed by atoms with Gasteiger partial charge >= 0.3 is 0 Å². The van der Waals surface area contributed by atoms with Gasteiger partial charge in [0.15, 0.2) is 0 Å². The molecule has 1 unspecified atom stereocenters. The molecule has 1 amide bonds. The Hall–Kier alpha value is -2.70. The Morgan fingerprint density at radius 2 is 2.13 bits per heavy atom. The smallest absolute Gasteiger partial charge is 0.254 e. The van der Waals surface area contributed by atoms with Crippen molar-refractivity contribution in [2.45, 2.75) is 38.1 Å². The molecule has 2 aromatic heterocycles. The topological polar surface area (TPSA) is 56.6 Å². The fraction of sp³-hybridized carbons (Fsp3) is 0.417. The van der Waals surface area contributed by atoms with Gasteiger partial charge in [-0.15, -0.1) is 0 Å². The van der Waals surface area contributed by atoms with Crippen LogP contribution in [-0.4, -0.2) is 51.8 Å². The van der Waals surface area contributed by atoms with Gasteiger partial charge in [-0.2, -0.15) is 0 Å². The van der Waals surface area contributed by atoms with Crippen LogP contribution < -0.4 is 0 Å². The molecule has 1 atom stereocenters. The van der Waals surface area contributed by atoms with Gasteiger partial charge in [0.25, 0.3) is 5.91 Å². The van der Waals surface area contributed by atoms with E-state index in [0.717, 1.165) is 40.4 Å². The first-order valence-corrected chi connectivity index (χ1v) is 10.5. The number of likely N-dealkylation sites (tertiary alicyclic amines) is 1. The number of aryl methyl sites for hydroxylation is 2. The highest BCUT2D eigenvalue weighted by molar-refractivity contribution is 5.98. The van der Waals surface area contributed by atoms with Crippen LogP contribution in [0.15, 0.2) is 48.9 Å². The average molecular weight is 405 g/mol. The molecule has 2 aliphatic rings. The van der Waals surface area contributed by atoms with Crippen molar-refractivity contribution >= 4 is 16.8 Å². The minimum absolute atomic E-state index is 0.0730. The number of rotatable bonds is 4. The van der Waals surface area contributed by atoms with Crippen molar-refractivity contribution < 1.29 is 14.3 Å². The second-order valence-corrected chi connectivity index (χ2v) is 8.69. The minimum atomic E-state index is -0.264. The van der Waals surface area contributed by atoms with E-state index in [1.807, 2.05) is 61.7 Å². The third kappa shape index (κ3) is 3.61. The molecule has 1 aromatic carbocycles. The summed E-state index contributed by atoms with van der Waals surface area (Å²) < 4.78 is 14.3. The van der Waals surface area contributed by atoms with Crippen molar-refractivity contribution in [1.29, 1.82) is 0 Å². The molecule has 0 saturated carbocycles. The molecular formula is C24H27N3O3. The fourth-order valence-corrected chi connectivity index (χ4v) is 4.65. The predicted octanol–water partition coefficient (Wildman–Crippen LogP) is 3.47. The van der Waals surface area contributed by atoms with Gasteiger partial charge in [0.2, 0.25) is 0 Å². The number of benzene rings is 1. The van der Waals surface area contributed by atoms with E-state index in [1.54, 1.807) is 0 Å². The molecular weight excluding hydrogens is 378 g/mol. The first-order chi connectivity index (χ1) is 14.5. The maximum absolute atomic E-state index is 13.0. The highest BCUT2D eigenvalue weighted by Crippen LogP contribution is 2.36. The Bertz CT molecular complexity index is 1080. The number of hydrogen-bond acceptors (Lipinski definition) is 4. The maximum atomic E-state index is 13.0. The number of carbonyl (C=O) groups is 1. The lowest BCUT2D eigenvalue weighted by molar-refractivity contribution is -0.188. The first-order valence-electron chi connectivity index (χ1n) is 10.5. The summed E-state index contributed by atoms with van der Waals surface area (Å²) in [5, 5.41) is 1.09. The van der Waals surface area contributed by atoms with E-state index in [0.29, 0.717) is 26.3 Å². The highest BCUT2D eigenvalue weighted by atomic mass is 16.5. The number of amides is 1. The summed E-state index contributed by atoms with van der Waals surface area (Å²) in [5.74, 6) is 0.0730. The molecule has 3 aromatic rings. The zero-order chi connectivity index (χ0) is 20.7. The Balaban J connectivity index is 1.19. The molecule has 6 heteroatoms. The molecule has 6 nitrogen and oxygen atoms in total. The van der Waals surface area contributed by atoms with E-state index in [1.165, 1.54) is 0 Å². The summed E-state index contributed by atoms with van der Waals surface area (Å²) in [6.07, 6.45) is 7.59. The summed E-state index contributed by atoms with van der Waals surface area (Å²) in [7, 11) is 2.01. The summed E-state index contributed by atoms with van der Waals surface area (Å²) in [4.78, 5) is 19.1. The van der Waals surface area contributed by atoms with Gasteiger partial charge < -0.3 is 18.9 Å². The Morgan fingerprint density at radius 1 is 1.27 bits per heavy atom. The Morgan fingerprint density at radius 3 is 2.97 bits per heavy atom. The summed E-state index contributed by atoms with van der Waals surface area (Å²) in [6, 6.07) is 10.1. The number of hydrogen-bond donors (Lipinski definition) is 0. The molecule has 0 N–H and O–H groups in total. The minimum Gasteiger partial charge on any atom is -0.373 e. The van der Waals surface area contributed by atoms with Crippen LogP contribution in [0, 0.1) is 6.92 Å². The zero-order valence-electron chi connectivity index (χ0n) is 17.5. The number of ether oxygens (including phenoxy) is 2. The van der Waals surface area contributed by atoms with Crippen LogP contribution in [0.2, 0.25) is 0 Å². The Kier molecular flexibility index (Phi) is 4.83. The lowest BCUT2D eigenvalue weighted by atomic mass is 9.84. The van der Waals surface area contributed by atoms with Crippen LogP contribution in [0.25, 0.3) is 10.9 Å². The number of pyridine rings is 1. The van der Waals surface area contributed by atoms with E-state index < -0.39 is 0 Å². The lowest BCUT2D eigenvalue weighted by Crippen LogP contribution is -2.67. The third-order valence-electron chi connectivity index (χ3n) is 6.24. The van der Waals surface area contributed by atoms with Crippen molar-refractivity contribution in [2.24, 2.45) is 7.05 Å². The molecule has 1 spiro atoms. The van der Waals surface area contributed by atoms with Crippen LogP contribution in [-0.2, 0) is 23.1 Å². The molecule has 30 heavy (non-hydrogen) atoms. The second-order valence-electron chi connectivity index (χ2n) is 8.69. The van der Waals surface area contributed by atoms with Crippen LogP contribution in [0.4, 0.5) is 0 Å². The number of fused-ring (bicyclic) bond motifs is 1. The van der Waals surface area contributed by atoms with Crippen molar-refractivity contribution in [3.63, 3.8) is 0 Å². The standard InChI is InChI=1S/C24H27N3O3/c1-17-9-18(13-25-12-17)14-29-21-6-8-30-24(11-21)15-27(16-24)23(28)20-3-4-22-19(10-20)5-7-26(22)2/h3-5,7,9-10,12-13,21H,6,8,11,14-16H2,1-2H3. The quantitative estimate of drug-likeness (QED) is 0.667. The Labute approximate surface area is 176 Å². The maximum Gasteiger partial charge on any atom is 0.254 e. The van der Waals surface area contributed by atoms with Gasteiger partial charge in [0.1, 0.15) is 5.60 Å². The monoisotopic (exact) mass is 405 g/mol. The van der Waals surface area contributed by atoms with Gasteiger partial charge in [-0.1, -0.05) is 6.07 Å².